The number of aryl methyl sites for hydroxylation is 1. The second-order valence-corrected chi connectivity index (χ2v) is 5.82. The van der Waals surface area contributed by atoms with Crippen LogP contribution in [0.25, 0.3) is 11.4 Å². The number of imidazole rings is 1. The average Bonchev–Trinajstić information content (AvgIpc) is 2.96. The van der Waals surface area contributed by atoms with Crippen LogP contribution in [0.4, 0.5) is 0 Å². The van der Waals surface area contributed by atoms with E-state index in [1.165, 1.54) is 0 Å². The molecule has 0 saturated carbocycles. The number of pyridine rings is 1. The van der Waals surface area contributed by atoms with E-state index in [9.17, 15) is 4.79 Å². The van der Waals surface area contributed by atoms with Gasteiger partial charge in [-0.2, -0.15) is 0 Å². The monoisotopic (exact) mass is 298 g/mol. The number of nitrogens with zero attached hydrogens (tertiary/aromatic N) is 4. The largest absolute Gasteiger partial charge is 0.341 e. The molecule has 1 fully saturated rings. The third kappa shape index (κ3) is 2.75. The maximum Gasteiger partial charge on any atom is 0.222 e. The van der Waals surface area contributed by atoms with Crippen molar-refractivity contribution in [3.8, 4) is 11.4 Å². The van der Waals surface area contributed by atoms with E-state index in [0.29, 0.717) is 12.5 Å². The molecule has 3 rings (SSSR count). The molecule has 0 spiro atoms. The fourth-order valence-corrected chi connectivity index (χ4v) is 3.24. The molecule has 116 valence electrons. The Morgan fingerprint density at radius 3 is 2.86 bits per heavy atom. The second-order valence-electron chi connectivity index (χ2n) is 5.82. The van der Waals surface area contributed by atoms with Crippen LogP contribution in [-0.2, 0) is 4.79 Å². The third-order valence-electron chi connectivity index (χ3n) is 4.34. The van der Waals surface area contributed by atoms with Crippen molar-refractivity contribution < 1.29 is 4.79 Å². The van der Waals surface area contributed by atoms with Crippen LogP contribution in [0.1, 0.15) is 37.9 Å². The van der Waals surface area contributed by atoms with E-state index in [2.05, 4.69) is 21.5 Å². The number of carbonyl (C=O) groups excluding carboxylic acids is 1. The molecular formula is C17H22N4O. The zero-order chi connectivity index (χ0) is 15.5. The van der Waals surface area contributed by atoms with Gasteiger partial charge in [0.1, 0.15) is 5.82 Å². The predicted octanol–water partition coefficient (Wildman–Crippen LogP) is 2.83. The fraction of sp³-hybridized carbons (Fsp3) is 0.471. The van der Waals surface area contributed by atoms with E-state index in [0.717, 1.165) is 43.0 Å². The third-order valence-corrected chi connectivity index (χ3v) is 4.34. The second kappa shape index (κ2) is 6.30. The Hall–Kier alpha value is -2.17. The quantitative estimate of drug-likeness (QED) is 0.875. The van der Waals surface area contributed by atoms with Crippen LogP contribution >= 0.6 is 0 Å². The Balaban J connectivity index is 1.91. The molecule has 22 heavy (non-hydrogen) atoms. The SMILES string of the molecule is CCC(=O)N1CCCC(n2c(C)cnc2-c2ccncc2)C1. The molecule has 1 unspecified atom stereocenters. The number of hydrogen-bond donors (Lipinski definition) is 0. The zero-order valence-electron chi connectivity index (χ0n) is 13.2. The van der Waals surface area contributed by atoms with E-state index < -0.39 is 0 Å². The molecule has 0 bridgehead atoms. The van der Waals surface area contributed by atoms with Gasteiger partial charge in [0.05, 0.1) is 6.04 Å². The first kappa shape index (κ1) is 14.8. The molecule has 3 heterocycles. The maximum atomic E-state index is 12.0. The van der Waals surface area contributed by atoms with Crippen molar-refractivity contribution in [2.75, 3.05) is 13.1 Å². The van der Waals surface area contributed by atoms with Gasteiger partial charge in [0.2, 0.25) is 5.91 Å². The van der Waals surface area contributed by atoms with Gasteiger partial charge < -0.3 is 9.47 Å². The molecular weight excluding hydrogens is 276 g/mol. The van der Waals surface area contributed by atoms with E-state index in [1.807, 2.05) is 30.2 Å². The number of piperidine rings is 1. The highest BCUT2D eigenvalue weighted by Crippen LogP contribution is 2.29. The highest BCUT2D eigenvalue weighted by molar-refractivity contribution is 5.75. The van der Waals surface area contributed by atoms with Crippen LogP contribution in [0, 0.1) is 6.92 Å². The van der Waals surface area contributed by atoms with E-state index in [1.54, 1.807) is 12.4 Å². The summed E-state index contributed by atoms with van der Waals surface area (Å²) in [5.74, 6) is 1.21. The Labute approximate surface area is 131 Å². The van der Waals surface area contributed by atoms with Gasteiger partial charge in [-0.1, -0.05) is 6.92 Å². The number of likely N-dealkylation sites (tertiary alicyclic amines) is 1. The molecule has 2 aromatic heterocycles. The molecule has 1 atom stereocenters. The Morgan fingerprint density at radius 1 is 1.36 bits per heavy atom. The zero-order valence-corrected chi connectivity index (χ0v) is 13.2. The summed E-state index contributed by atoms with van der Waals surface area (Å²) in [6.45, 7) is 5.67. The van der Waals surface area contributed by atoms with Gasteiger partial charge in [-0.25, -0.2) is 4.98 Å². The van der Waals surface area contributed by atoms with E-state index in [4.69, 9.17) is 0 Å². The van der Waals surface area contributed by atoms with Crippen LogP contribution in [0.15, 0.2) is 30.7 Å². The van der Waals surface area contributed by atoms with Crippen molar-refractivity contribution >= 4 is 5.91 Å². The van der Waals surface area contributed by atoms with Crippen LogP contribution in [0.5, 0.6) is 0 Å². The van der Waals surface area contributed by atoms with Crippen molar-refractivity contribution in [2.45, 2.75) is 39.2 Å². The molecule has 2 aromatic rings. The Bertz CT molecular complexity index is 650. The molecule has 0 aromatic carbocycles. The maximum absolute atomic E-state index is 12.0. The summed E-state index contributed by atoms with van der Waals surface area (Å²) >= 11 is 0. The van der Waals surface area contributed by atoms with Gasteiger partial charge in [-0.05, 0) is 31.9 Å². The summed E-state index contributed by atoms with van der Waals surface area (Å²) < 4.78 is 2.28. The Kier molecular flexibility index (Phi) is 4.22. The first-order valence-corrected chi connectivity index (χ1v) is 7.92. The van der Waals surface area contributed by atoms with Gasteiger partial charge in [-0.15, -0.1) is 0 Å². The molecule has 1 aliphatic rings. The van der Waals surface area contributed by atoms with Crippen molar-refractivity contribution in [1.29, 1.82) is 0 Å². The molecule has 0 N–H and O–H groups in total. The van der Waals surface area contributed by atoms with Crippen LogP contribution in [-0.4, -0.2) is 38.4 Å². The lowest BCUT2D eigenvalue weighted by atomic mass is 10.0. The molecule has 5 heteroatoms. The molecule has 1 saturated heterocycles. The molecule has 5 nitrogen and oxygen atoms in total. The molecule has 0 aliphatic carbocycles. The number of rotatable bonds is 3. The van der Waals surface area contributed by atoms with Gasteiger partial charge in [0.25, 0.3) is 0 Å². The highest BCUT2D eigenvalue weighted by atomic mass is 16.2. The van der Waals surface area contributed by atoms with Crippen LogP contribution in [0.2, 0.25) is 0 Å². The minimum absolute atomic E-state index is 0.243. The summed E-state index contributed by atoms with van der Waals surface area (Å²) in [5.41, 5.74) is 2.21. The summed E-state index contributed by atoms with van der Waals surface area (Å²) in [4.78, 5) is 22.7. The van der Waals surface area contributed by atoms with Crippen molar-refractivity contribution in [3.05, 3.63) is 36.4 Å². The normalized spacial score (nSPS) is 18.5. The highest BCUT2D eigenvalue weighted by Gasteiger charge is 2.26. The van der Waals surface area contributed by atoms with Crippen molar-refractivity contribution in [1.82, 2.24) is 19.4 Å². The topological polar surface area (TPSA) is 51.0 Å². The van der Waals surface area contributed by atoms with Crippen molar-refractivity contribution in [3.63, 3.8) is 0 Å². The summed E-state index contributed by atoms with van der Waals surface area (Å²) in [7, 11) is 0. The fourth-order valence-electron chi connectivity index (χ4n) is 3.24. The van der Waals surface area contributed by atoms with Gasteiger partial charge in [0, 0.05) is 49.4 Å². The average molecular weight is 298 g/mol. The number of aromatic nitrogens is 3. The standard InChI is InChI=1S/C17H22N4O/c1-3-16(22)20-10-4-5-15(12-20)21-13(2)11-19-17(21)14-6-8-18-9-7-14/h6-9,11,15H,3-5,10,12H2,1-2H3. The Morgan fingerprint density at radius 2 is 2.14 bits per heavy atom. The minimum atomic E-state index is 0.243. The lowest BCUT2D eigenvalue weighted by Gasteiger charge is -2.34. The molecule has 1 amide bonds. The smallest absolute Gasteiger partial charge is 0.222 e. The number of hydrogen-bond acceptors (Lipinski definition) is 3. The first-order valence-electron chi connectivity index (χ1n) is 7.92. The van der Waals surface area contributed by atoms with Gasteiger partial charge in [-0.3, -0.25) is 9.78 Å². The summed E-state index contributed by atoms with van der Waals surface area (Å²) in [6.07, 6.45) is 8.20. The van der Waals surface area contributed by atoms with Gasteiger partial charge in [0.15, 0.2) is 0 Å². The summed E-state index contributed by atoms with van der Waals surface area (Å²) in [6, 6.07) is 4.27. The van der Waals surface area contributed by atoms with Gasteiger partial charge >= 0.3 is 0 Å². The van der Waals surface area contributed by atoms with Crippen LogP contribution in [0.3, 0.4) is 0 Å². The van der Waals surface area contributed by atoms with E-state index in [-0.39, 0.29) is 5.91 Å². The van der Waals surface area contributed by atoms with Crippen molar-refractivity contribution in [2.24, 2.45) is 0 Å². The lowest BCUT2D eigenvalue weighted by molar-refractivity contribution is -0.132. The summed E-state index contributed by atoms with van der Waals surface area (Å²) in [5, 5.41) is 0. The first-order chi connectivity index (χ1) is 10.7. The lowest BCUT2D eigenvalue weighted by Crippen LogP contribution is -2.40. The van der Waals surface area contributed by atoms with E-state index >= 15 is 0 Å². The number of carbonyl (C=O) groups is 1. The minimum Gasteiger partial charge on any atom is -0.341 e. The number of amides is 1. The molecule has 1 aliphatic heterocycles. The predicted molar refractivity (Wildman–Crippen MR) is 85.3 cm³/mol. The molecule has 0 radical (unpaired) electrons. The van der Waals surface area contributed by atoms with Crippen LogP contribution < -0.4 is 0 Å².